The third-order valence-corrected chi connectivity index (χ3v) is 4.26. The number of nitro groups is 1. The van der Waals surface area contributed by atoms with Crippen LogP contribution in [-0.4, -0.2) is 13.3 Å². The summed E-state index contributed by atoms with van der Waals surface area (Å²) in [5.74, 6) is 0. The number of anilines is 2. The molecule has 0 heterocycles. The first-order valence-corrected chi connectivity index (χ1v) is 7.48. The number of hydrogen-bond donors (Lipinski definition) is 2. The lowest BCUT2D eigenvalue weighted by Gasteiger charge is -2.09. The summed E-state index contributed by atoms with van der Waals surface area (Å²) in [5.41, 5.74) is 4.84. The molecule has 2 aromatic carbocycles. The number of rotatable bonds is 4. The molecule has 9 heteroatoms. The smallest absolute Gasteiger partial charge is 0.312 e. The van der Waals surface area contributed by atoms with E-state index in [2.05, 4.69) is 4.72 Å². The number of hydrogen-bond acceptors (Lipinski definition) is 5. The van der Waals surface area contributed by atoms with Crippen LogP contribution in [0.2, 0.25) is 5.02 Å². The van der Waals surface area contributed by atoms with Crippen LogP contribution in [0.3, 0.4) is 0 Å². The van der Waals surface area contributed by atoms with E-state index in [4.69, 9.17) is 17.3 Å². The average molecular weight is 328 g/mol. The quantitative estimate of drug-likeness (QED) is 0.508. The highest BCUT2D eigenvalue weighted by Gasteiger charge is 2.28. The number of nitrogens with one attached hydrogen (secondary N) is 1. The third kappa shape index (κ3) is 3.23. The van der Waals surface area contributed by atoms with Gasteiger partial charge in [-0.25, -0.2) is 8.42 Å². The molecule has 0 aliphatic heterocycles. The second kappa shape index (κ2) is 5.58. The van der Waals surface area contributed by atoms with Crippen molar-refractivity contribution in [2.24, 2.45) is 0 Å². The lowest BCUT2D eigenvalue weighted by molar-refractivity contribution is -0.386. The Hall–Kier alpha value is -2.32. The first kappa shape index (κ1) is 15.1. The van der Waals surface area contributed by atoms with Crippen LogP contribution < -0.4 is 10.5 Å². The van der Waals surface area contributed by atoms with Crippen molar-refractivity contribution in [3.05, 3.63) is 57.6 Å². The number of nitrogens with zero attached hydrogens (tertiary/aromatic N) is 1. The molecule has 7 nitrogen and oxygen atoms in total. The van der Waals surface area contributed by atoms with Gasteiger partial charge in [0.2, 0.25) is 0 Å². The number of halogens is 1. The van der Waals surface area contributed by atoms with Gasteiger partial charge in [0.15, 0.2) is 4.90 Å². The molecule has 0 aliphatic rings. The van der Waals surface area contributed by atoms with Gasteiger partial charge in [-0.15, -0.1) is 0 Å². The fourth-order valence-electron chi connectivity index (χ4n) is 1.68. The summed E-state index contributed by atoms with van der Waals surface area (Å²) in [6.45, 7) is 0. The van der Waals surface area contributed by atoms with Crippen LogP contribution in [0.1, 0.15) is 0 Å². The molecule has 2 rings (SSSR count). The summed E-state index contributed by atoms with van der Waals surface area (Å²) in [4.78, 5) is 9.68. The molecular formula is C12H10ClN3O4S. The van der Waals surface area contributed by atoms with Crippen LogP contribution in [-0.2, 0) is 10.0 Å². The summed E-state index contributed by atoms with van der Waals surface area (Å²) < 4.78 is 26.8. The number of sulfonamides is 1. The molecule has 3 N–H and O–H groups in total. The van der Waals surface area contributed by atoms with E-state index in [-0.39, 0.29) is 11.4 Å². The second-order valence-electron chi connectivity index (χ2n) is 4.06. The predicted molar refractivity (Wildman–Crippen MR) is 79.8 cm³/mol. The van der Waals surface area contributed by atoms with Gasteiger partial charge in [-0.2, -0.15) is 0 Å². The zero-order valence-electron chi connectivity index (χ0n) is 10.5. The van der Waals surface area contributed by atoms with Crippen LogP contribution in [0, 0.1) is 10.1 Å². The van der Waals surface area contributed by atoms with Crippen LogP contribution in [0.4, 0.5) is 17.1 Å². The summed E-state index contributed by atoms with van der Waals surface area (Å²) >= 11 is 5.70. The molecular weight excluding hydrogens is 318 g/mol. The minimum atomic E-state index is -4.14. The number of nitro benzene ring substituents is 1. The third-order valence-electron chi connectivity index (χ3n) is 2.60. The fraction of sp³-hybridized carbons (Fsp3) is 0. The molecule has 0 unspecified atom stereocenters. The first-order chi connectivity index (χ1) is 9.81. The molecule has 0 amide bonds. The van der Waals surface area contributed by atoms with Gasteiger partial charge in [-0.05, 0) is 36.4 Å². The Morgan fingerprint density at radius 2 is 1.76 bits per heavy atom. The lowest BCUT2D eigenvalue weighted by Crippen LogP contribution is -2.15. The molecule has 110 valence electrons. The standard InChI is InChI=1S/C12H10ClN3O4S/c13-8-4-6-9(7-5-8)15-21(19,20)11-3-1-2-10(14)12(11)16(17)18/h1-7,15H,14H2. The van der Waals surface area contributed by atoms with Gasteiger partial charge in [-0.3, -0.25) is 14.8 Å². The Morgan fingerprint density at radius 1 is 1.14 bits per heavy atom. The number of para-hydroxylation sites is 1. The van der Waals surface area contributed by atoms with E-state index in [0.717, 1.165) is 6.07 Å². The zero-order valence-corrected chi connectivity index (χ0v) is 12.1. The maximum Gasteiger partial charge on any atom is 0.312 e. The predicted octanol–water partition coefficient (Wildman–Crippen LogP) is 2.63. The van der Waals surface area contributed by atoms with Gasteiger partial charge < -0.3 is 5.73 Å². The first-order valence-electron chi connectivity index (χ1n) is 5.62. The topological polar surface area (TPSA) is 115 Å². The van der Waals surface area contributed by atoms with Crippen molar-refractivity contribution in [2.75, 3.05) is 10.5 Å². The molecule has 0 atom stereocenters. The summed E-state index contributed by atoms with van der Waals surface area (Å²) in [6, 6.07) is 9.58. The van der Waals surface area contributed by atoms with Crippen LogP contribution in [0.25, 0.3) is 0 Å². The largest absolute Gasteiger partial charge is 0.393 e. The number of nitrogen functional groups attached to an aromatic ring is 1. The molecule has 0 radical (unpaired) electrons. The van der Waals surface area contributed by atoms with Gasteiger partial charge in [0.1, 0.15) is 5.69 Å². The zero-order chi connectivity index (χ0) is 15.6. The van der Waals surface area contributed by atoms with Crippen LogP contribution >= 0.6 is 11.6 Å². The molecule has 0 aliphatic carbocycles. The summed E-state index contributed by atoms with van der Waals surface area (Å²) in [6.07, 6.45) is 0. The maximum absolute atomic E-state index is 12.3. The van der Waals surface area contributed by atoms with E-state index in [1.54, 1.807) is 0 Å². The molecule has 0 aromatic heterocycles. The van der Waals surface area contributed by atoms with Crippen LogP contribution in [0.5, 0.6) is 0 Å². The van der Waals surface area contributed by atoms with Gasteiger partial charge in [0, 0.05) is 10.7 Å². The van der Waals surface area contributed by atoms with E-state index in [1.807, 2.05) is 0 Å². The summed E-state index contributed by atoms with van der Waals surface area (Å²) in [7, 11) is -4.14. The monoisotopic (exact) mass is 327 g/mol. The van der Waals surface area contributed by atoms with Crippen molar-refractivity contribution < 1.29 is 13.3 Å². The van der Waals surface area contributed by atoms with Gasteiger partial charge in [0.05, 0.1) is 4.92 Å². The lowest BCUT2D eigenvalue weighted by atomic mass is 10.3. The molecule has 0 saturated heterocycles. The van der Waals surface area contributed by atoms with Crippen molar-refractivity contribution >= 4 is 38.7 Å². The fourth-order valence-corrected chi connectivity index (χ4v) is 3.07. The van der Waals surface area contributed by atoms with E-state index >= 15 is 0 Å². The number of benzene rings is 2. The van der Waals surface area contributed by atoms with E-state index in [9.17, 15) is 18.5 Å². The van der Waals surface area contributed by atoms with Crippen molar-refractivity contribution in [2.45, 2.75) is 4.90 Å². The highest BCUT2D eigenvalue weighted by atomic mass is 35.5. The normalized spacial score (nSPS) is 11.1. The van der Waals surface area contributed by atoms with Crippen LogP contribution in [0.15, 0.2) is 47.4 Å². The Bertz CT molecular complexity index is 791. The minimum absolute atomic E-state index is 0.223. The van der Waals surface area contributed by atoms with E-state index in [0.29, 0.717) is 5.02 Å². The van der Waals surface area contributed by atoms with Gasteiger partial charge >= 0.3 is 5.69 Å². The maximum atomic E-state index is 12.3. The minimum Gasteiger partial charge on any atom is -0.393 e. The molecule has 0 saturated carbocycles. The Kier molecular flexibility index (Phi) is 4.01. The highest BCUT2D eigenvalue weighted by Crippen LogP contribution is 2.31. The van der Waals surface area contributed by atoms with Crippen molar-refractivity contribution in [3.63, 3.8) is 0 Å². The van der Waals surface area contributed by atoms with Gasteiger partial charge in [-0.1, -0.05) is 17.7 Å². The van der Waals surface area contributed by atoms with Crippen molar-refractivity contribution in [1.82, 2.24) is 0 Å². The Morgan fingerprint density at radius 3 is 2.33 bits per heavy atom. The SMILES string of the molecule is Nc1cccc(S(=O)(=O)Nc2ccc(Cl)cc2)c1[N+](=O)[O-]. The van der Waals surface area contributed by atoms with Crippen molar-refractivity contribution in [1.29, 1.82) is 0 Å². The van der Waals surface area contributed by atoms with E-state index < -0.39 is 25.5 Å². The Balaban J connectivity index is 2.47. The molecule has 0 spiro atoms. The summed E-state index contributed by atoms with van der Waals surface area (Å²) in [5, 5.41) is 11.4. The average Bonchev–Trinajstić information content (AvgIpc) is 2.40. The molecule has 21 heavy (non-hydrogen) atoms. The molecule has 2 aromatic rings. The Labute approximate surface area is 125 Å². The van der Waals surface area contributed by atoms with Crippen molar-refractivity contribution in [3.8, 4) is 0 Å². The molecule has 0 bridgehead atoms. The van der Waals surface area contributed by atoms with Gasteiger partial charge in [0.25, 0.3) is 10.0 Å². The number of nitrogens with two attached hydrogens (primary N) is 1. The highest BCUT2D eigenvalue weighted by molar-refractivity contribution is 7.92. The molecule has 0 fully saturated rings. The van der Waals surface area contributed by atoms with E-state index in [1.165, 1.54) is 36.4 Å². The second-order valence-corrected chi connectivity index (χ2v) is 6.15.